The van der Waals surface area contributed by atoms with Crippen LogP contribution in [0.5, 0.6) is 0 Å². The predicted octanol–water partition coefficient (Wildman–Crippen LogP) is 4.10. The van der Waals surface area contributed by atoms with Crippen molar-refractivity contribution in [2.24, 2.45) is 5.73 Å². The lowest BCUT2D eigenvalue weighted by Crippen LogP contribution is -2.13. The number of hydrogen-bond acceptors (Lipinski definition) is 1. The molecule has 2 heteroatoms. The summed E-state index contributed by atoms with van der Waals surface area (Å²) in [4.78, 5) is 0. The zero-order valence-corrected chi connectivity index (χ0v) is 12.7. The second-order valence-electron chi connectivity index (χ2n) is 4.54. The van der Waals surface area contributed by atoms with Crippen LogP contribution >= 0.6 is 22.6 Å². The quantitative estimate of drug-likeness (QED) is 0.825. The van der Waals surface area contributed by atoms with E-state index < -0.39 is 0 Å². The first-order valence-electron chi connectivity index (χ1n) is 6.28. The maximum absolute atomic E-state index is 6.26. The maximum atomic E-state index is 6.26. The standard InChI is InChI=1S/C16H18IN/c1-2-12-6-8-13(9-7-12)10-16(18)14-4-3-5-15(17)11-14/h3-9,11,16H,2,10,18H2,1H3. The van der Waals surface area contributed by atoms with E-state index >= 15 is 0 Å². The summed E-state index contributed by atoms with van der Waals surface area (Å²) in [6.07, 6.45) is 1.98. The van der Waals surface area contributed by atoms with Gasteiger partial charge in [0.2, 0.25) is 0 Å². The molecule has 0 heterocycles. The van der Waals surface area contributed by atoms with E-state index in [1.54, 1.807) is 0 Å². The van der Waals surface area contributed by atoms with Crippen LogP contribution in [0.4, 0.5) is 0 Å². The second kappa shape index (κ2) is 6.34. The molecule has 0 aliphatic carbocycles. The van der Waals surface area contributed by atoms with Crippen LogP contribution in [0.25, 0.3) is 0 Å². The fourth-order valence-electron chi connectivity index (χ4n) is 2.02. The topological polar surface area (TPSA) is 26.0 Å². The van der Waals surface area contributed by atoms with Crippen molar-refractivity contribution in [2.45, 2.75) is 25.8 Å². The molecular formula is C16H18IN. The molecule has 0 bridgehead atoms. The molecule has 1 atom stereocenters. The predicted molar refractivity (Wildman–Crippen MR) is 85.6 cm³/mol. The van der Waals surface area contributed by atoms with Gasteiger partial charge in [-0.3, -0.25) is 0 Å². The molecule has 0 aliphatic rings. The number of halogens is 1. The average Bonchev–Trinajstić information content (AvgIpc) is 2.39. The first-order chi connectivity index (χ1) is 8.69. The smallest absolute Gasteiger partial charge is 0.0336 e. The van der Waals surface area contributed by atoms with Gasteiger partial charge in [-0.1, -0.05) is 43.3 Å². The SMILES string of the molecule is CCc1ccc(CC(N)c2cccc(I)c2)cc1. The fourth-order valence-corrected chi connectivity index (χ4v) is 2.59. The van der Waals surface area contributed by atoms with Crippen molar-refractivity contribution >= 4 is 22.6 Å². The molecule has 2 aromatic carbocycles. The van der Waals surface area contributed by atoms with Crippen LogP contribution < -0.4 is 5.73 Å². The summed E-state index contributed by atoms with van der Waals surface area (Å²) in [6, 6.07) is 17.3. The molecule has 0 radical (unpaired) electrons. The molecule has 1 unspecified atom stereocenters. The lowest BCUT2D eigenvalue weighted by atomic mass is 9.99. The highest BCUT2D eigenvalue weighted by Gasteiger charge is 2.07. The number of rotatable bonds is 4. The van der Waals surface area contributed by atoms with Crippen molar-refractivity contribution in [2.75, 3.05) is 0 Å². The van der Waals surface area contributed by atoms with Gasteiger partial charge in [0.15, 0.2) is 0 Å². The van der Waals surface area contributed by atoms with Crippen molar-refractivity contribution in [3.05, 3.63) is 68.8 Å². The minimum atomic E-state index is 0.0761. The van der Waals surface area contributed by atoms with E-state index in [0.29, 0.717) is 0 Å². The lowest BCUT2D eigenvalue weighted by Gasteiger charge is -2.13. The molecule has 0 spiro atoms. The molecule has 0 aliphatic heterocycles. The summed E-state index contributed by atoms with van der Waals surface area (Å²) in [6.45, 7) is 2.17. The van der Waals surface area contributed by atoms with Gasteiger partial charge in [-0.05, 0) is 64.3 Å². The Morgan fingerprint density at radius 1 is 1.06 bits per heavy atom. The second-order valence-corrected chi connectivity index (χ2v) is 5.78. The van der Waals surface area contributed by atoms with Crippen LogP contribution in [-0.4, -0.2) is 0 Å². The Bertz CT molecular complexity index is 505. The number of hydrogen-bond donors (Lipinski definition) is 1. The van der Waals surface area contributed by atoms with Gasteiger partial charge < -0.3 is 5.73 Å². The first-order valence-corrected chi connectivity index (χ1v) is 7.35. The van der Waals surface area contributed by atoms with Crippen LogP contribution in [0.3, 0.4) is 0 Å². The van der Waals surface area contributed by atoms with Crippen molar-refractivity contribution in [1.29, 1.82) is 0 Å². The number of nitrogens with two attached hydrogens (primary N) is 1. The molecule has 0 amide bonds. The minimum absolute atomic E-state index is 0.0761. The summed E-state index contributed by atoms with van der Waals surface area (Å²) < 4.78 is 1.24. The highest BCUT2D eigenvalue weighted by atomic mass is 127. The van der Waals surface area contributed by atoms with E-state index in [-0.39, 0.29) is 6.04 Å². The minimum Gasteiger partial charge on any atom is -0.324 e. The Kier molecular flexibility index (Phi) is 4.78. The van der Waals surface area contributed by atoms with E-state index in [4.69, 9.17) is 5.73 Å². The highest BCUT2D eigenvalue weighted by molar-refractivity contribution is 14.1. The molecule has 0 saturated carbocycles. The van der Waals surface area contributed by atoms with Gasteiger partial charge in [-0.2, -0.15) is 0 Å². The van der Waals surface area contributed by atoms with Crippen LogP contribution in [0, 0.1) is 3.57 Å². The van der Waals surface area contributed by atoms with Crippen LogP contribution in [-0.2, 0) is 12.8 Å². The van der Waals surface area contributed by atoms with Gasteiger partial charge in [0, 0.05) is 9.61 Å². The van der Waals surface area contributed by atoms with Crippen molar-refractivity contribution in [1.82, 2.24) is 0 Å². The normalized spacial score (nSPS) is 12.4. The molecule has 2 rings (SSSR count). The Morgan fingerprint density at radius 2 is 1.72 bits per heavy atom. The van der Waals surface area contributed by atoms with Crippen molar-refractivity contribution < 1.29 is 0 Å². The Hall–Kier alpha value is -0.870. The average molecular weight is 351 g/mol. The van der Waals surface area contributed by atoms with E-state index in [2.05, 4.69) is 78.0 Å². The van der Waals surface area contributed by atoms with Gasteiger partial charge in [0.25, 0.3) is 0 Å². The van der Waals surface area contributed by atoms with Gasteiger partial charge in [0.05, 0.1) is 0 Å². The lowest BCUT2D eigenvalue weighted by molar-refractivity contribution is 0.721. The number of aryl methyl sites for hydroxylation is 1. The maximum Gasteiger partial charge on any atom is 0.0336 e. The third-order valence-electron chi connectivity index (χ3n) is 3.16. The van der Waals surface area contributed by atoms with Crippen molar-refractivity contribution in [3.63, 3.8) is 0 Å². The monoisotopic (exact) mass is 351 g/mol. The first kappa shape index (κ1) is 13.6. The Morgan fingerprint density at radius 3 is 2.33 bits per heavy atom. The third-order valence-corrected chi connectivity index (χ3v) is 3.83. The largest absolute Gasteiger partial charge is 0.324 e. The zero-order chi connectivity index (χ0) is 13.0. The van der Waals surface area contributed by atoms with Gasteiger partial charge >= 0.3 is 0 Å². The highest BCUT2D eigenvalue weighted by Crippen LogP contribution is 2.18. The summed E-state index contributed by atoms with van der Waals surface area (Å²) in [5.74, 6) is 0. The molecule has 2 N–H and O–H groups in total. The van der Waals surface area contributed by atoms with Gasteiger partial charge in [-0.25, -0.2) is 0 Å². The molecule has 2 aromatic rings. The summed E-state index contributed by atoms with van der Waals surface area (Å²) in [5.41, 5.74) is 10.2. The number of benzene rings is 2. The summed E-state index contributed by atoms with van der Waals surface area (Å²) >= 11 is 2.32. The van der Waals surface area contributed by atoms with E-state index in [1.165, 1.54) is 20.3 Å². The van der Waals surface area contributed by atoms with Gasteiger partial charge in [-0.15, -0.1) is 0 Å². The summed E-state index contributed by atoms with van der Waals surface area (Å²) in [5, 5.41) is 0. The Balaban J connectivity index is 2.08. The molecule has 0 fully saturated rings. The van der Waals surface area contributed by atoms with Crippen LogP contribution in [0.2, 0.25) is 0 Å². The Labute approximate surface area is 123 Å². The zero-order valence-electron chi connectivity index (χ0n) is 10.6. The molecule has 94 valence electrons. The molecular weight excluding hydrogens is 333 g/mol. The van der Waals surface area contributed by atoms with Gasteiger partial charge in [0.1, 0.15) is 0 Å². The molecule has 1 nitrogen and oxygen atoms in total. The van der Waals surface area contributed by atoms with E-state index in [1.807, 2.05) is 0 Å². The summed E-state index contributed by atoms with van der Waals surface area (Å²) in [7, 11) is 0. The molecule has 0 saturated heterocycles. The van der Waals surface area contributed by atoms with Crippen LogP contribution in [0.1, 0.15) is 29.7 Å². The van der Waals surface area contributed by atoms with E-state index in [0.717, 1.165) is 12.8 Å². The molecule has 0 aromatic heterocycles. The van der Waals surface area contributed by atoms with E-state index in [9.17, 15) is 0 Å². The molecule has 18 heavy (non-hydrogen) atoms. The van der Waals surface area contributed by atoms with Crippen molar-refractivity contribution in [3.8, 4) is 0 Å². The fraction of sp³-hybridized carbons (Fsp3) is 0.250. The third kappa shape index (κ3) is 3.56. The van der Waals surface area contributed by atoms with Crippen LogP contribution in [0.15, 0.2) is 48.5 Å².